The second-order valence-corrected chi connectivity index (χ2v) is 4.55. The largest absolute Gasteiger partial charge is 0.496 e. The maximum absolute atomic E-state index is 8.87. The maximum Gasteiger partial charge on any atom is 0.123 e. The highest BCUT2D eigenvalue weighted by molar-refractivity contribution is 5.41. The SMILES string of the molecule is COc1ccc(C#N)cc1CNCCC1CC1. The van der Waals surface area contributed by atoms with Crippen LogP contribution in [0.3, 0.4) is 0 Å². The summed E-state index contributed by atoms with van der Waals surface area (Å²) in [5.41, 5.74) is 1.74. The average Bonchev–Trinajstić information content (AvgIpc) is 3.18. The zero-order chi connectivity index (χ0) is 12.1. The van der Waals surface area contributed by atoms with Gasteiger partial charge in [0.15, 0.2) is 0 Å². The lowest BCUT2D eigenvalue weighted by Gasteiger charge is -2.09. The minimum absolute atomic E-state index is 0.685. The number of ether oxygens (including phenoxy) is 1. The highest BCUT2D eigenvalue weighted by atomic mass is 16.5. The number of nitrogens with zero attached hydrogens (tertiary/aromatic N) is 1. The van der Waals surface area contributed by atoms with Gasteiger partial charge < -0.3 is 10.1 Å². The molecule has 1 aliphatic rings. The summed E-state index contributed by atoms with van der Waals surface area (Å²) in [5, 5.41) is 12.3. The Balaban J connectivity index is 1.89. The summed E-state index contributed by atoms with van der Waals surface area (Å²) >= 11 is 0. The fourth-order valence-corrected chi connectivity index (χ4v) is 1.92. The zero-order valence-corrected chi connectivity index (χ0v) is 10.2. The van der Waals surface area contributed by atoms with Crippen LogP contribution in [0.2, 0.25) is 0 Å². The fraction of sp³-hybridized carbons (Fsp3) is 0.500. The van der Waals surface area contributed by atoms with Crippen LogP contribution in [0.15, 0.2) is 18.2 Å². The Labute approximate surface area is 102 Å². The molecule has 0 unspecified atom stereocenters. The predicted molar refractivity (Wildman–Crippen MR) is 66.8 cm³/mol. The van der Waals surface area contributed by atoms with Crippen molar-refractivity contribution in [2.24, 2.45) is 5.92 Å². The molecule has 1 saturated carbocycles. The first-order valence-electron chi connectivity index (χ1n) is 6.11. The molecule has 0 radical (unpaired) electrons. The van der Waals surface area contributed by atoms with Gasteiger partial charge in [-0.25, -0.2) is 0 Å². The van der Waals surface area contributed by atoms with Crippen molar-refractivity contribution < 1.29 is 4.74 Å². The Bertz CT molecular complexity index is 419. The molecule has 1 aliphatic carbocycles. The molecular weight excluding hydrogens is 212 g/mol. The summed E-state index contributed by atoms with van der Waals surface area (Å²) in [6, 6.07) is 7.69. The number of hydrogen-bond donors (Lipinski definition) is 1. The Kier molecular flexibility index (Phi) is 4.00. The van der Waals surface area contributed by atoms with E-state index in [0.29, 0.717) is 5.56 Å². The van der Waals surface area contributed by atoms with E-state index in [1.54, 1.807) is 13.2 Å². The zero-order valence-electron chi connectivity index (χ0n) is 10.2. The van der Waals surface area contributed by atoms with Gasteiger partial charge in [-0.1, -0.05) is 12.8 Å². The Morgan fingerprint density at radius 3 is 2.94 bits per heavy atom. The summed E-state index contributed by atoms with van der Waals surface area (Å²) in [5.74, 6) is 1.80. The van der Waals surface area contributed by atoms with Crippen molar-refractivity contribution in [3.05, 3.63) is 29.3 Å². The van der Waals surface area contributed by atoms with Gasteiger partial charge in [0.2, 0.25) is 0 Å². The lowest BCUT2D eigenvalue weighted by atomic mass is 10.1. The van der Waals surface area contributed by atoms with Crippen molar-refractivity contribution in [1.29, 1.82) is 5.26 Å². The van der Waals surface area contributed by atoms with Gasteiger partial charge in [-0.3, -0.25) is 0 Å². The van der Waals surface area contributed by atoms with Crippen LogP contribution < -0.4 is 10.1 Å². The second kappa shape index (κ2) is 5.70. The Morgan fingerprint density at radius 1 is 1.47 bits per heavy atom. The van der Waals surface area contributed by atoms with Crippen LogP contribution in [-0.4, -0.2) is 13.7 Å². The molecule has 0 bridgehead atoms. The fourth-order valence-electron chi connectivity index (χ4n) is 1.92. The van der Waals surface area contributed by atoms with E-state index in [2.05, 4.69) is 11.4 Å². The van der Waals surface area contributed by atoms with Gasteiger partial charge in [-0.05, 0) is 37.1 Å². The Morgan fingerprint density at radius 2 is 2.29 bits per heavy atom. The van der Waals surface area contributed by atoms with Crippen molar-refractivity contribution in [3.63, 3.8) is 0 Å². The average molecular weight is 230 g/mol. The third-order valence-electron chi connectivity index (χ3n) is 3.15. The summed E-state index contributed by atoms with van der Waals surface area (Å²) in [6.07, 6.45) is 4.06. The molecule has 1 fully saturated rings. The second-order valence-electron chi connectivity index (χ2n) is 4.55. The topological polar surface area (TPSA) is 45.0 Å². The molecule has 0 spiro atoms. The first-order valence-corrected chi connectivity index (χ1v) is 6.11. The molecule has 17 heavy (non-hydrogen) atoms. The maximum atomic E-state index is 8.87. The first-order chi connectivity index (χ1) is 8.33. The summed E-state index contributed by atoms with van der Waals surface area (Å²) < 4.78 is 5.29. The number of methoxy groups -OCH3 is 1. The molecule has 3 nitrogen and oxygen atoms in total. The standard InChI is InChI=1S/C14H18N2O/c1-17-14-5-4-12(9-15)8-13(14)10-16-7-6-11-2-3-11/h4-5,8,11,16H,2-3,6-7,10H2,1H3. The van der Waals surface area contributed by atoms with Crippen molar-refractivity contribution in [3.8, 4) is 11.8 Å². The van der Waals surface area contributed by atoms with Crippen LogP contribution in [0.5, 0.6) is 5.75 Å². The van der Waals surface area contributed by atoms with E-state index in [-0.39, 0.29) is 0 Å². The molecule has 1 aromatic carbocycles. The molecule has 0 heterocycles. The van der Waals surface area contributed by atoms with Crippen LogP contribution in [0, 0.1) is 17.2 Å². The van der Waals surface area contributed by atoms with Gasteiger partial charge in [0, 0.05) is 12.1 Å². The van der Waals surface area contributed by atoms with E-state index in [1.807, 2.05) is 12.1 Å². The van der Waals surface area contributed by atoms with Crippen LogP contribution in [0.25, 0.3) is 0 Å². The van der Waals surface area contributed by atoms with Crippen LogP contribution in [0.4, 0.5) is 0 Å². The number of nitrogens with one attached hydrogen (secondary N) is 1. The smallest absolute Gasteiger partial charge is 0.123 e. The molecule has 2 rings (SSSR count). The Hall–Kier alpha value is -1.53. The van der Waals surface area contributed by atoms with E-state index in [4.69, 9.17) is 10.00 Å². The van der Waals surface area contributed by atoms with Gasteiger partial charge in [0.05, 0.1) is 18.7 Å². The van der Waals surface area contributed by atoms with Crippen molar-refractivity contribution in [2.75, 3.05) is 13.7 Å². The van der Waals surface area contributed by atoms with Crippen LogP contribution in [-0.2, 0) is 6.54 Å². The molecule has 0 saturated heterocycles. The van der Waals surface area contributed by atoms with Crippen LogP contribution in [0.1, 0.15) is 30.4 Å². The van der Waals surface area contributed by atoms with E-state index in [9.17, 15) is 0 Å². The minimum atomic E-state index is 0.685. The van der Waals surface area contributed by atoms with Gasteiger partial charge in [-0.2, -0.15) is 5.26 Å². The highest BCUT2D eigenvalue weighted by Crippen LogP contribution is 2.31. The van der Waals surface area contributed by atoms with E-state index in [0.717, 1.165) is 30.3 Å². The van der Waals surface area contributed by atoms with E-state index >= 15 is 0 Å². The summed E-state index contributed by atoms with van der Waals surface area (Å²) in [4.78, 5) is 0. The number of benzene rings is 1. The molecule has 90 valence electrons. The predicted octanol–water partition coefficient (Wildman–Crippen LogP) is 2.46. The van der Waals surface area contributed by atoms with Crippen LogP contribution >= 0.6 is 0 Å². The lowest BCUT2D eigenvalue weighted by Crippen LogP contribution is -2.15. The number of rotatable bonds is 6. The summed E-state index contributed by atoms with van der Waals surface area (Å²) in [7, 11) is 1.66. The molecule has 1 aromatic rings. The first kappa shape index (κ1) is 11.9. The molecule has 0 aliphatic heterocycles. The third kappa shape index (κ3) is 3.47. The van der Waals surface area contributed by atoms with E-state index < -0.39 is 0 Å². The quantitative estimate of drug-likeness (QED) is 0.763. The van der Waals surface area contributed by atoms with Gasteiger partial charge in [0.1, 0.15) is 5.75 Å². The lowest BCUT2D eigenvalue weighted by molar-refractivity contribution is 0.407. The molecule has 0 amide bonds. The molecule has 0 aromatic heterocycles. The summed E-state index contributed by atoms with van der Waals surface area (Å²) in [6.45, 7) is 1.82. The van der Waals surface area contributed by atoms with Crippen molar-refractivity contribution in [2.45, 2.75) is 25.8 Å². The molecular formula is C14H18N2O. The normalized spacial score (nSPS) is 14.4. The molecule has 0 atom stereocenters. The van der Waals surface area contributed by atoms with Gasteiger partial charge >= 0.3 is 0 Å². The van der Waals surface area contributed by atoms with E-state index in [1.165, 1.54) is 19.3 Å². The monoisotopic (exact) mass is 230 g/mol. The number of nitriles is 1. The highest BCUT2D eigenvalue weighted by Gasteiger charge is 2.19. The van der Waals surface area contributed by atoms with Gasteiger partial charge in [-0.15, -0.1) is 0 Å². The minimum Gasteiger partial charge on any atom is -0.496 e. The third-order valence-corrected chi connectivity index (χ3v) is 3.15. The van der Waals surface area contributed by atoms with Gasteiger partial charge in [0.25, 0.3) is 0 Å². The number of hydrogen-bond acceptors (Lipinski definition) is 3. The van der Waals surface area contributed by atoms with Crippen molar-refractivity contribution >= 4 is 0 Å². The van der Waals surface area contributed by atoms with Crippen molar-refractivity contribution in [1.82, 2.24) is 5.32 Å². The molecule has 3 heteroatoms. The molecule has 1 N–H and O–H groups in total.